The number of hydrogen-bond donors (Lipinski definition) is 2. The third-order valence-corrected chi connectivity index (χ3v) is 6.43. The number of piperidine rings is 1. The molecule has 1 aliphatic heterocycles. The summed E-state index contributed by atoms with van der Waals surface area (Å²) in [5, 5.41) is 15.8. The molecule has 7 heteroatoms. The largest absolute Gasteiger partial charge is 0.492 e. The van der Waals surface area contributed by atoms with Crippen molar-refractivity contribution in [2.45, 2.75) is 32.7 Å². The van der Waals surface area contributed by atoms with E-state index < -0.39 is 0 Å². The van der Waals surface area contributed by atoms with Gasteiger partial charge in [-0.05, 0) is 37.8 Å². The first kappa shape index (κ1) is 16.8. The summed E-state index contributed by atoms with van der Waals surface area (Å²) in [5.41, 5.74) is 1.17. The zero-order valence-corrected chi connectivity index (χ0v) is 15.9. The summed E-state index contributed by atoms with van der Waals surface area (Å²) < 4.78 is 1.56. The number of nitrogens with zero attached hydrogens (tertiary/aromatic N) is 3. The Hall–Kier alpha value is -1.63. The molecule has 132 valence electrons. The number of aryl methyl sites for hydroxylation is 1. The van der Waals surface area contributed by atoms with E-state index in [2.05, 4.69) is 29.1 Å². The van der Waals surface area contributed by atoms with Crippen molar-refractivity contribution < 1.29 is 10.0 Å². The summed E-state index contributed by atoms with van der Waals surface area (Å²) >= 11 is 7.62. The van der Waals surface area contributed by atoms with Crippen LogP contribution in [0.3, 0.4) is 0 Å². The number of rotatable bonds is 3. The summed E-state index contributed by atoms with van der Waals surface area (Å²) in [7, 11) is 0. The first-order chi connectivity index (χ1) is 12.0. The molecule has 3 heterocycles. The number of fused-ring (bicyclic) bond motifs is 1. The molecule has 0 unspecified atom stereocenters. The van der Waals surface area contributed by atoms with Crippen LogP contribution in [0.4, 0.5) is 0 Å². The minimum Gasteiger partial charge on any atom is -0.492 e. The highest BCUT2D eigenvalue weighted by Crippen LogP contribution is 2.35. The van der Waals surface area contributed by atoms with Crippen LogP contribution in [-0.2, 0) is 0 Å². The Morgan fingerprint density at radius 1 is 1.28 bits per heavy atom. The zero-order chi connectivity index (χ0) is 17.6. The van der Waals surface area contributed by atoms with Gasteiger partial charge < -0.3 is 10.0 Å². The molecule has 3 aromatic rings. The van der Waals surface area contributed by atoms with Gasteiger partial charge >= 0.3 is 0 Å². The second kappa shape index (κ2) is 6.59. The first-order valence-electron chi connectivity index (χ1n) is 8.68. The minimum atomic E-state index is 0.0820. The quantitative estimate of drug-likeness (QED) is 0.738. The molecule has 1 aromatic carbocycles. The van der Waals surface area contributed by atoms with Crippen LogP contribution < -0.4 is 4.90 Å². The van der Waals surface area contributed by atoms with Crippen molar-refractivity contribution in [3.8, 4) is 5.88 Å². The van der Waals surface area contributed by atoms with Gasteiger partial charge in [-0.2, -0.15) is 4.52 Å². The Kier molecular flexibility index (Phi) is 4.43. The van der Waals surface area contributed by atoms with Gasteiger partial charge in [-0.15, -0.1) is 5.10 Å². The summed E-state index contributed by atoms with van der Waals surface area (Å²) in [5.74, 6) is 1.66. The maximum Gasteiger partial charge on any atom is 0.235 e. The summed E-state index contributed by atoms with van der Waals surface area (Å²) in [4.78, 5) is 7.58. The molecule has 4 rings (SSSR count). The van der Waals surface area contributed by atoms with Gasteiger partial charge in [0, 0.05) is 10.6 Å². The van der Waals surface area contributed by atoms with Crippen LogP contribution in [0.1, 0.15) is 42.1 Å². The number of benzene rings is 1. The highest BCUT2D eigenvalue weighted by atomic mass is 35.5. The van der Waals surface area contributed by atoms with Gasteiger partial charge in [0.1, 0.15) is 10.7 Å². The van der Waals surface area contributed by atoms with Crippen LogP contribution in [0, 0.1) is 12.8 Å². The van der Waals surface area contributed by atoms with Crippen LogP contribution in [0.2, 0.25) is 5.02 Å². The second-order valence-corrected chi connectivity index (χ2v) is 8.41. The Morgan fingerprint density at radius 3 is 2.60 bits per heavy atom. The molecule has 2 aromatic heterocycles. The van der Waals surface area contributed by atoms with Gasteiger partial charge in [0.15, 0.2) is 6.04 Å². The number of halogens is 1. The third kappa shape index (κ3) is 3.14. The highest BCUT2D eigenvalue weighted by molar-refractivity contribution is 7.17. The van der Waals surface area contributed by atoms with E-state index in [1.165, 1.54) is 34.6 Å². The number of likely N-dealkylation sites (tertiary alicyclic amines) is 1. The van der Waals surface area contributed by atoms with Crippen LogP contribution in [0.25, 0.3) is 4.96 Å². The molecular weight excluding hydrogens is 356 g/mol. The average Bonchev–Trinajstić information content (AvgIpc) is 3.09. The molecule has 0 amide bonds. The van der Waals surface area contributed by atoms with Crippen LogP contribution in [-0.4, -0.2) is 32.8 Å². The van der Waals surface area contributed by atoms with Gasteiger partial charge in [-0.3, -0.25) is 0 Å². The second-order valence-electron chi connectivity index (χ2n) is 6.97. The molecule has 1 atom stereocenters. The standard InChI is InChI=1S/C18H21ClN4OS/c1-11-7-9-22(10-8-11)15(13-3-5-14(19)6-4-13)16-17(24)23-18(25-16)20-12(2)21-23/h3-6,11,15,24H,7-10H2,1-2H3/p+1/t15-/m0/s1. The lowest BCUT2D eigenvalue weighted by Crippen LogP contribution is -3.13. The van der Waals surface area contributed by atoms with Crippen LogP contribution in [0.15, 0.2) is 24.3 Å². The van der Waals surface area contributed by atoms with Gasteiger partial charge in [0.2, 0.25) is 10.8 Å². The summed E-state index contributed by atoms with van der Waals surface area (Å²) in [6.07, 6.45) is 2.42. The molecule has 0 bridgehead atoms. The molecule has 25 heavy (non-hydrogen) atoms. The SMILES string of the molecule is Cc1nc2sc([C@H](c3ccc(Cl)cc3)[NH+]3CCC(C)CC3)c(O)n2n1. The monoisotopic (exact) mass is 377 g/mol. The van der Waals surface area contributed by atoms with E-state index in [1.807, 2.05) is 19.1 Å². The van der Waals surface area contributed by atoms with Crippen molar-refractivity contribution in [1.29, 1.82) is 0 Å². The Bertz CT molecular complexity index is 881. The average molecular weight is 378 g/mol. The molecule has 1 fully saturated rings. The van der Waals surface area contributed by atoms with E-state index in [0.717, 1.165) is 33.9 Å². The normalized spacial score (nSPS) is 22.4. The predicted molar refractivity (Wildman–Crippen MR) is 99.7 cm³/mol. The maximum atomic E-state index is 10.8. The Morgan fingerprint density at radius 2 is 1.96 bits per heavy atom. The number of thiazole rings is 1. The lowest BCUT2D eigenvalue weighted by molar-refractivity contribution is -0.931. The molecule has 1 saturated heterocycles. The van der Waals surface area contributed by atoms with Crippen molar-refractivity contribution in [2.75, 3.05) is 13.1 Å². The third-order valence-electron chi connectivity index (χ3n) is 5.10. The molecule has 0 radical (unpaired) electrons. The molecule has 0 saturated carbocycles. The van der Waals surface area contributed by atoms with Crippen LogP contribution in [0.5, 0.6) is 5.88 Å². The molecular formula is C18H22ClN4OS+. The molecule has 0 aliphatic carbocycles. The Balaban J connectivity index is 1.79. The number of quaternary nitrogens is 1. The van der Waals surface area contributed by atoms with Gasteiger partial charge in [0.25, 0.3) is 0 Å². The van der Waals surface area contributed by atoms with Crippen LogP contribution >= 0.6 is 22.9 Å². The fraction of sp³-hybridized carbons (Fsp3) is 0.444. The molecule has 2 N–H and O–H groups in total. The lowest BCUT2D eigenvalue weighted by Gasteiger charge is -2.33. The number of hydrogen-bond acceptors (Lipinski definition) is 4. The van der Waals surface area contributed by atoms with E-state index in [-0.39, 0.29) is 11.9 Å². The Labute approximate surface area is 155 Å². The number of aromatic nitrogens is 3. The highest BCUT2D eigenvalue weighted by Gasteiger charge is 2.34. The maximum absolute atomic E-state index is 10.8. The van der Waals surface area contributed by atoms with Crippen molar-refractivity contribution >= 4 is 27.9 Å². The van der Waals surface area contributed by atoms with Gasteiger partial charge in [-0.25, -0.2) is 4.98 Å². The van der Waals surface area contributed by atoms with Crippen molar-refractivity contribution in [3.05, 3.63) is 45.6 Å². The van der Waals surface area contributed by atoms with Gasteiger partial charge in [0.05, 0.1) is 13.1 Å². The smallest absolute Gasteiger partial charge is 0.235 e. The van der Waals surface area contributed by atoms with Crippen molar-refractivity contribution in [3.63, 3.8) is 0 Å². The topological polar surface area (TPSA) is 54.9 Å². The minimum absolute atomic E-state index is 0.0820. The van der Waals surface area contributed by atoms with Crippen molar-refractivity contribution in [1.82, 2.24) is 14.6 Å². The molecule has 5 nitrogen and oxygen atoms in total. The van der Waals surface area contributed by atoms with E-state index in [0.29, 0.717) is 5.82 Å². The van der Waals surface area contributed by atoms with E-state index in [9.17, 15) is 5.11 Å². The number of nitrogens with one attached hydrogen (secondary N) is 1. The fourth-order valence-electron chi connectivity index (χ4n) is 3.69. The van der Waals surface area contributed by atoms with E-state index >= 15 is 0 Å². The fourth-order valence-corrected chi connectivity index (χ4v) is 5.00. The molecule has 0 spiro atoms. The van der Waals surface area contributed by atoms with E-state index in [4.69, 9.17) is 11.6 Å². The summed E-state index contributed by atoms with van der Waals surface area (Å²) in [6, 6.07) is 8.07. The molecule has 1 aliphatic rings. The first-order valence-corrected chi connectivity index (χ1v) is 9.87. The van der Waals surface area contributed by atoms with E-state index in [1.54, 1.807) is 4.52 Å². The van der Waals surface area contributed by atoms with Crippen molar-refractivity contribution in [2.24, 2.45) is 5.92 Å². The number of aromatic hydroxyl groups is 1. The van der Waals surface area contributed by atoms with Gasteiger partial charge in [-0.1, -0.05) is 42.0 Å². The predicted octanol–water partition coefficient (Wildman–Crippen LogP) is 2.86. The summed E-state index contributed by atoms with van der Waals surface area (Å²) in [6.45, 7) is 6.35. The zero-order valence-electron chi connectivity index (χ0n) is 14.4. The lowest BCUT2D eigenvalue weighted by atomic mass is 9.95.